The zero-order valence-corrected chi connectivity index (χ0v) is 8.64. The van der Waals surface area contributed by atoms with Gasteiger partial charge in [-0.2, -0.15) is 11.8 Å². The summed E-state index contributed by atoms with van der Waals surface area (Å²) in [6, 6.07) is 1.32. The summed E-state index contributed by atoms with van der Waals surface area (Å²) < 4.78 is 0. The van der Waals surface area contributed by atoms with Gasteiger partial charge in [-0.1, -0.05) is 6.42 Å². The summed E-state index contributed by atoms with van der Waals surface area (Å²) in [6.45, 7) is 0. The molecule has 1 aromatic heterocycles. The molecule has 0 aromatic carbocycles. The zero-order valence-electron chi connectivity index (χ0n) is 7.82. The van der Waals surface area contributed by atoms with Gasteiger partial charge in [-0.25, -0.2) is 4.98 Å². The third-order valence-corrected chi connectivity index (χ3v) is 3.65. The largest absolute Gasteiger partial charge is 0.383 e. The molecule has 1 unspecified atom stereocenters. The molecule has 76 valence electrons. The molecule has 3 N–H and O–H groups in total. The van der Waals surface area contributed by atoms with E-state index in [9.17, 15) is 4.79 Å². The molecule has 2 rings (SSSR count). The zero-order chi connectivity index (χ0) is 9.97. The number of anilines is 1. The van der Waals surface area contributed by atoms with Gasteiger partial charge in [0, 0.05) is 6.07 Å². The molecule has 1 aliphatic rings. The maximum atomic E-state index is 11.2. The van der Waals surface area contributed by atoms with E-state index < -0.39 is 0 Å². The van der Waals surface area contributed by atoms with E-state index in [-0.39, 0.29) is 5.56 Å². The topological polar surface area (TPSA) is 71.8 Å². The summed E-state index contributed by atoms with van der Waals surface area (Å²) in [6.07, 6.45) is 3.54. The summed E-state index contributed by atoms with van der Waals surface area (Å²) in [5.41, 5.74) is 5.37. The maximum absolute atomic E-state index is 11.2. The van der Waals surface area contributed by atoms with Gasteiger partial charge in [-0.3, -0.25) is 4.79 Å². The molecule has 0 bridgehead atoms. The van der Waals surface area contributed by atoms with Crippen LogP contribution < -0.4 is 11.3 Å². The Balaban J connectivity index is 2.26. The summed E-state index contributed by atoms with van der Waals surface area (Å²) in [7, 11) is 0. The lowest BCUT2D eigenvalue weighted by Gasteiger charge is -2.20. The van der Waals surface area contributed by atoms with E-state index in [0.717, 1.165) is 18.0 Å². The highest BCUT2D eigenvalue weighted by Crippen LogP contribution is 2.36. The predicted molar refractivity (Wildman–Crippen MR) is 58.3 cm³/mol. The quantitative estimate of drug-likeness (QED) is 0.734. The molecule has 0 spiro atoms. The van der Waals surface area contributed by atoms with Gasteiger partial charge >= 0.3 is 0 Å². The lowest BCUT2D eigenvalue weighted by molar-refractivity contribution is 0.661. The van der Waals surface area contributed by atoms with Crippen LogP contribution in [0.5, 0.6) is 0 Å². The highest BCUT2D eigenvalue weighted by atomic mass is 32.2. The number of rotatable bonds is 1. The fourth-order valence-electron chi connectivity index (χ4n) is 1.60. The van der Waals surface area contributed by atoms with Gasteiger partial charge in [0.2, 0.25) is 0 Å². The van der Waals surface area contributed by atoms with Crippen molar-refractivity contribution in [1.82, 2.24) is 9.97 Å². The first-order chi connectivity index (χ1) is 6.75. The average molecular weight is 211 g/mol. The van der Waals surface area contributed by atoms with Gasteiger partial charge in [-0.05, 0) is 18.6 Å². The van der Waals surface area contributed by atoms with E-state index >= 15 is 0 Å². The standard InChI is InChI=1S/C9H13N3OS/c10-7-5-8(13)12-9(11-7)6-3-1-2-4-14-6/h5-6H,1-4H2,(H3,10,11,12,13). The third kappa shape index (κ3) is 2.09. The molecule has 1 aromatic rings. The monoisotopic (exact) mass is 211 g/mol. The van der Waals surface area contributed by atoms with Crippen LogP contribution in [0.1, 0.15) is 30.3 Å². The second-order valence-electron chi connectivity index (χ2n) is 3.41. The van der Waals surface area contributed by atoms with Crippen molar-refractivity contribution < 1.29 is 0 Å². The second kappa shape index (κ2) is 4.04. The SMILES string of the molecule is Nc1cc(=O)[nH]c(C2CCCCS2)n1. The summed E-state index contributed by atoms with van der Waals surface area (Å²) in [5, 5.41) is 0.319. The lowest BCUT2D eigenvalue weighted by atomic mass is 10.2. The molecule has 0 amide bonds. The minimum Gasteiger partial charge on any atom is -0.383 e. The van der Waals surface area contributed by atoms with Crippen molar-refractivity contribution in [2.24, 2.45) is 0 Å². The van der Waals surface area contributed by atoms with E-state index in [0.29, 0.717) is 11.1 Å². The Bertz CT molecular complexity index is 371. The maximum Gasteiger partial charge on any atom is 0.253 e. The minimum absolute atomic E-state index is 0.154. The second-order valence-corrected chi connectivity index (χ2v) is 4.72. The first kappa shape index (κ1) is 9.58. The molecule has 0 saturated carbocycles. The van der Waals surface area contributed by atoms with Gasteiger partial charge in [0.05, 0.1) is 5.25 Å². The lowest BCUT2D eigenvalue weighted by Crippen LogP contribution is -2.15. The highest BCUT2D eigenvalue weighted by Gasteiger charge is 2.18. The Hall–Kier alpha value is -0.970. The molecular formula is C9H13N3OS. The van der Waals surface area contributed by atoms with Crippen molar-refractivity contribution in [3.8, 4) is 0 Å². The van der Waals surface area contributed by atoms with Crippen molar-refractivity contribution in [2.45, 2.75) is 24.5 Å². The smallest absolute Gasteiger partial charge is 0.253 e. The summed E-state index contributed by atoms with van der Waals surface area (Å²) in [4.78, 5) is 18.1. The van der Waals surface area contributed by atoms with Crippen LogP contribution in [0.15, 0.2) is 10.9 Å². The van der Waals surface area contributed by atoms with Gasteiger partial charge in [0.15, 0.2) is 0 Å². The van der Waals surface area contributed by atoms with E-state index in [1.807, 2.05) is 11.8 Å². The van der Waals surface area contributed by atoms with Crippen molar-refractivity contribution in [3.63, 3.8) is 0 Å². The number of nitrogen functional groups attached to an aromatic ring is 1. The molecule has 5 heteroatoms. The number of aromatic nitrogens is 2. The minimum atomic E-state index is -0.154. The van der Waals surface area contributed by atoms with Crippen LogP contribution in [0, 0.1) is 0 Å². The predicted octanol–water partition coefficient (Wildman–Crippen LogP) is 1.31. The number of nitrogens with one attached hydrogen (secondary N) is 1. The van der Waals surface area contributed by atoms with Crippen molar-refractivity contribution in [3.05, 3.63) is 22.2 Å². The van der Waals surface area contributed by atoms with Gasteiger partial charge in [0.25, 0.3) is 5.56 Å². The average Bonchev–Trinajstić information content (AvgIpc) is 2.18. The van der Waals surface area contributed by atoms with Crippen LogP contribution in [0.25, 0.3) is 0 Å². The van der Waals surface area contributed by atoms with E-state index in [2.05, 4.69) is 9.97 Å². The molecule has 1 fully saturated rings. The van der Waals surface area contributed by atoms with Crippen LogP contribution in [0.4, 0.5) is 5.82 Å². The van der Waals surface area contributed by atoms with Gasteiger partial charge in [0.1, 0.15) is 11.6 Å². The molecule has 0 aliphatic carbocycles. The van der Waals surface area contributed by atoms with Crippen LogP contribution in [-0.4, -0.2) is 15.7 Å². The summed E-state index contributed by atoms with van der Waals surface area (Å²) in [5.74, 6) is 2.19. The number of nitrogens with zero attached hydrogens (tertiary/aromatic N) is 1. The number of hydrogen-bond acceptors (Lipinski definition) is 4. The Morgan fingerprint density at radius 3 is 3.07 bits per heavy atom. The van der Waals surface area contributed by atoms with Crippen molar-refractivity contribution >= 4 is 17.6 Å². The highest BCUT2D eigenvalue weighted by molar-refractivity contribution is 7.99. The molecule has 1 atom stereocenters. The van der Waals surface area contributed by atoms with Gasteiger partial charge < -0.3 is 10.7 Å². The summed E-state index contributed by atoms with van der Waals surface area (Å²) >= 11 is 1.85. The fourth-order valence-corrected chi connectivity index (χ4v) is 2.86. The normalized spacial score (nSPS) is 22.1. The number of aromatic amines is 1. The number of hydrogen-bond donors (Lipinski definition) is 2. The van der Waals surface area contributed by atoms with Crippen LogP contribution in [0.2, 0.25) is 0 Å². The fraction of sp³-hybridized carbons (Fsp3) is 0.556. The first-order valence-corrected chi connectivity index (χ1v) is 5.79. The molecule has 14 heavy (non-hydrogen) atoms. The Morgan fingerprint density at radius 1 is 1.57 bits per heavy atom. The third-order valence-electron chi connectivity index (χ3n) is 2.26. The first-order valence-electron chi connectivity index (χ1n) is 4.74. The van der Waals surface area contributed by atoms with Crippen molar-refractivity contribution in [1.29, 1.82) is 0 Å². The Kier molecular flexibility index (Phi) is 2.77. The molecular weight excluding hydrogens is 198 g/mol. The van der Waals surface area contributed by atoms with Crippen molar-refractivity contribution in [2.75, 3.05) is 11.5 Å². The number of H-pyrrole nitrogens is 1. The van der Waals surface area contributed by atoms with E-state index in [4.69, 9.17) is 5.73 Å². The Labute approximate surface area is 86.3 Å². The molecule has 0 radical (unpaired) electrons. The number of thioether (sulfide) groups is 1. The van der Waals surface area contributed by atoms with Crippen LogP contribution >= 0.6 is 11.8 Å². The molecule has 1 aliphatic heterocycles. The number of nitrogens with two attached hydrogens (primary N) is 1. The van der Waals surface area contributed by atoms with Gasteiger partial charge in [-0.15, -0.1) is 0 Å². The molecule has 2 heterocycles. The molecule has 4 nitrogen and oxygen atoms in total. The van der Waals surface area contributed by atoms with Crippen LogP contribution in [-0.2, 0) is 0 Å². The Morgan fingerprint density at radius 2 is 2.43 bits per heavy atom. The van der Waals surface area contributed by atoms with E-state index in [1.165, 1.54) is 18.9 Å². The molecule has 1 saturated heterocycles. The van der Waals surface area contributed by atoms with Crippen LogP contribution in [0.3, 0.4) is 0 Å². The van der Waals surface area contributed by atoms with E-state index in [1.54, 1.807) is 0 Å².